The van der Waals surface area contributed by atoms with Crippen LogP contribution in [-0.2, 0) is 32.2 Å². The number of carbonyl (C=O) groups excluding carboxylic acids is 1. The van der Waals surface area contributed by atoms with Gasteiger partial charge in [-0.3, -0.25) is 0 Å². The molecule has 262 valence electrons. The molecule has 1 aliphatic rings. The topological polar surface area (TPSA) is 75.7 Å². The van der Waals surface area contributed by atoms with E-state index in [1.165, 1.54) is 5.56 Å². The second-order valence-electron chi connectivity index (χ2n) is 13.5. The van der Waals surface area contributed by atoms with Gasteiger partial charge in [-0.15, -0.1) is 0 Å². The standard InChI is InChI=1S/C41H51NO7/c1-41(2,3)49-40(43)42-22-21-36(34-17-19-35(20-18-34)46-25-10-24-45-29-31-11-6-5-7-12-31)39(28-42)48-30-32-15-16-33-13-8-14-38(37(33)27-32)47-26-9-23-44-4/h5-8,11-20,27,36,39H,9-10,21-26,28-30H2,1-4H3. The number of nitrogens with zero attached hydrogens (tertiary/aromatic N) is 1. The van der Waals surface area contributed by atoms with Crippen molar-refractivity contribution in [1.29, 1.82) is 0 Å². The van der Waals surface area contributed by atoms with Gasteiger partial charge in [0.2, 0.25) is 0 Å². The van der Waals surface area contributed by atoms with Gasteiger partial charge in [0.05, 0.1) is 45.7 Å². The van der Waals surface area contributed by atoms with Crippen LogP contribution in [0.2, 0.25) is 0 Å². The Balaban J connectivity index is 1.21. The lowest BCUT2D eigenvalue weighted by atomic mass is 9.87. The summed E-state index contributed by atoms with van der Waals surface area (Å²) < 4.78 is 35.4. The Bertz CT molecular complexity index is 1590. The van der Waals surface area contributed by atoms with E-state index in [1.807, 2.05) is 63.2 Å². The molecular formula is C41H51NO7. The average molecular weight is 670 g/mol. The molecule has 8 heteroatoms. The van der Waals surface area contributed by atoms with Gasteiger partial charge in [-0.25, -0.2) is 4.79 Å². The maximum absolute atomic E-state index is 13.1. The maximum Gasteiger partial charge on any atom is 0.410 e. The van der Waals surface area contributed by atoms with Crippen molar-refractivity contribution in [1.82, 2.24) is 4.90 Å². The number of likely N-dealkylation sites (tertiary alicyclic amines) is 1. The molecule has 1 fully saturated rings. The second-order valence-corrected chi connectivity index (χ2v) is 13.5. The summed E-state index contributed by atoms with van der Waals surface area (Å²) in [6.07, 6.45) is 1.87. The Morgan fingerprint density at radius 3 is 2.35 bits per heavy atom. The number of methoxy groups -OCH3 is 1. The highest BCUT2D eigenvalue weighted by Crippen LogP contribution is 2.34. The molecular weight excluding hydrogens is 618 g/mol. The molecule has 0 saturated carbocycles. The first-order valence-electron chi connectivity index (χ1n) is 17.4. The van der Waals surface area contributed by atoms with E-state index in [4.69, 9.17) is 28.4 Å². The van der Waals surface area contributed by atoms with Crippen LogP contribution in [0.5, 0.6) is 11.5 Å². The number of ether oxygens (including phenoxy) is 6. The van der Waals surface area contributed by atoms with Gasteiger partial charge < -0.3 is 33.3 Å². The average Bonchev–Trinajstić information content (AvgIpc) is 3.10. The first-order valence-corrected chi connectivity index (χ1v) is 17.4. The van der Waals surface area contributed by atoms with Crippen molar-refractivity contribution in [2.45, 2.75) is 70.9 Å². The van der Waals surface area contributed by atoms with Gasteiger partial charge in [0.25, 0.3) is 0 Å². The molecule has 1 amide bonds. The van der Waals surface area contributed by atoms with E-state index in [2.05, 4.69) is 48.5 Å². The van der Waals surface area contributed by atoms with E-state index in [0.29, 0.717) is 52.7 Å². The third-order valence-corrected chi connectivity index (χ3v) is 8.45. The van der Waals surface area contributed by atoms with Gasteiger partial charge in [-0.1, -0.05) is 66.7 Å². The van der Waals surface area contributed by atoms with Crippen LogP contribution in [0.25, 0.3) is 10.8 Å². The van der Waals surface area contributed by atoms with Crippen LogP contribution in [-0.4, -0.2) is 69.3 Å². The molecule has 1 aliphatic heterocycles. The van der Waals surface area contributed by atoms with Crippen LogP contribution in [0.3, 0.4) is 0 Å². The lowest BCUT2D eigenvalue weighted by molar-refractivity contribution is -0.0359. The Kier molecular flexibility index (Phi) is 13.3. The van der Waals surface area contributed by atoms with Gasteiger partial charge in [0, 0.05) is 44.4 Å². The van der Waals surface area contributed by atoms with Gasteiger partial charge in [-0.05, 0) is 73.5 Å². The van der Waals surface area contributed by atoms with E-state index >= 15 is 0 Å². The minimum absolute atomic E-state index is 0.110. The van der Waals surface area contributed by atoms with Crippen molar-refractivity contribution < 1.29 is 33.2 Å². The van der Waals surface area contributed by atoms with Crippen molar-refractivity contribution in [3.8, 4) is 11.5 Å². The zero-order chi connectivity index (χ0) is 34.5. The molecule has 2 unspecified atom stereocenters. The van der Waals surface area contributed by atoms with Crippen LogP contribution < -0.4 is 9.47 Å². The molecule has 4 aromatic carbocycles. The monoisotopic (exact) mass is 669 g/mol. The fourth-order valence-electron chi connectivity index (χ4n) is 5.98. The van der Waals surface area contributed by atoms with Crippen molar-refractivity contribution in [3.63, 3.8) is 0 Å². The number of amides is 1. The number of carbonyl (C=O) groups is 1. The van der Waals surface area contributed by atoms with Gasteiger partial charge >= 0.3 is 6.09 Å². The molecule has 0 aliphatic carbocycles. The lowest BCUT2D eigenvalue weighted by Gasteiger charge is -2.39. The maximum atomic E-state index is 13.1. The summed E-state index contributed by atoms with van der Waals surface area (Å²) in [6, 6.07) is 30.9. The molecule has 49 heavy (non-hydrogen) atoms. The normalized spacial score (nSPS) is 16.4. The van der Waals surface area contributed by atoms with E-state index < -0.39 is 5.60 Å². The number of rotatable bonds is 16. The van der Waals surface area contributed by atoms with Gasteiger partial charge in [-0.2, -0.15) is 0 Å². The molecule has 4 aromatic rings. The summed E-state index contributed by atoms with van der Waals surface area (Å²) in [6.45, 7) is 10.2. The second kappa shape index (κ2) is 18.0. The molecule has 1 saturated heterocycles. The number of hydrogen-bond acceptors (Lipinski definition) is 7. The molecule has 0 radical (unpaired) electrons. The Morgan fingerprint density at radius 2 is 1.57 bits per heavy atom. The molecule has 2 atom stereocenters. The zero-order valence-corrected chi connectivity index (χ0v) is 29.4. The highest BCUT2D eigenvalue weighted by molar-refractivity contribution is 5.88. The number of benzene rings is 4. The molecule has 8 nitrogen and oxygen atoms in total. The highest BCUT2D eigenvalue weighted by Gasteiger charge is 2.35. The fourth-order valence-corrected chi connectivity index (χ4v) is 5.98. The van der Waals surface area contributed by atoms with Crippen molar-refractivity contribution in [2.24, 2.45) is 0 Å². The van der Waals surface area contributed by atoms with E-state index in [9.17, 15) is 4.79 Å². The molecule has 0 bridgehead atoms. The molecule has 1 heterocycles. The Hall–Kier alpha value is -4.11. The Morgan fingerprint density at radius 1 is 0.796 bits per heavy atom. The van der Waals surface area contributed by atoms with E-state index in [-0.39, 0.29) is 18.1 Å². The molecule has 5 rings (SSSR count). The molecule has 0 aromatic heterocycles. The number of fused-ring (bicyclic) bond motifs is 1. The third-order valence-electron chi connectivity index (χ3n) is 8.45. The zero-order valence-electron chi connectivity index (χ0n) is 29.4. The highest BCUT2D eigenvalue weighted by atomic mass is 16.6. The Labute approximate surface area is 291 Å². The van der Waals surface area contributed by atoms with Crippen LogP contribution in [0.1, 0.15) is 62.6 Å². The fraction of sp³-hybridized carbons (Fsp3) is 0.439. The predicted molar refractivity (Wildman–Crippen MR) is 192 cm³/mol. The van der Waals surface area contributed by atoms with Crippen LogP contribution in [0.4, 0.5) is 4.79 Å². The predicted octanol–water partition coefficient (Wildman–Crippen LogP) is 8.55. The summed E-state index contributed by atoms with van der Waals surface area (Å²) in [5.41, 5.74) is 2.81. The van der Waals surface area contributed by atoms with Crippen molar-refractivity contribution >= 4 is 16.9 Å². The molecule has 0 spiro atoms. The number of hydrogen-bond donors (Lipinski definition) is 0. The molecule has 0 N–H and O–H groups in total. The van der Waals surface area contributed by atoms with E-state index in [1.54, 1.807) is 12.0 Å². The summed E-state index contributed by atoms with van der Waals surface area (Å²) in [4.78, 5) is 14.8. The van der Waals surface area contributed by atoms with Crippen molar-refractivity contribution in [2.75, 3.05) is 46.6 Å². The summed E-state index contributed by atoms with van der Waals surface area (Å²) >= 11 is 0. The number of piperidine rings is 1. The summed E-state index contributed by atoms with van der Waals surface area (Å²) in [7, 11) is 1.70. The quantitative estimate of drug-likeness (QED) is 0.111. The minimum atomic E-state index is -0.567. The van der Waals surface area contributed by atoms with Crippen LogP contribution >= 0.6 is 0 Å². The third kappa shape index (κ3) is 11.2. The largest absolute Gasteiger partial charge is 0.494 e. The van der Waals surface area contributed by atoms with Gasteiger partial charge in [0.1, 0.15) is 17.1 Å². The lowest BCUT2D eigenvalue weighted by Crippen LogP contribution is -2.48. The van der Waals surface area contributed by atoms with Crippen LogP contribution in [0.15, 0.2) is 91.0 Å². The smallest absolute Gasteiger partial charge is 0.410 e. The first-order chi connectivity index (χ1) is 23.8. The first kappa shape index (κ1) is 36.2. The summed E-state index contributed by atoms with van der Waals surface area (Å²) in [5, 5.41) is 2.16. The SMILES string of the molecule is COCCCOc1cccc2ccc(COC3CN(C(=O)OC(C)(C)C)CCC3c3ccc(OCCCOCc4ccccc4)cc3)cc12. The minimum Gasteiger partial charge on any atom is -0.494 e. The van der Waals surface area contributed by atoms with Crippen LogP contribution in [0, 0.1) is 0 Å². The van der Waals surface area contributed by atoms with E-state index in [0.717, 1.165) is 52.7 Å². The van der Waals surface area contributed by atoms with Gasteiger partial charge in [0.15, 0.2) is 0 Å². The van der Waals surface area contributed by atoms with Crippen molar-refractivity contribution in [3.05, 3.63) is 108 Å². The summed E-state index contributed by atoms with van der Waals surface area (Å²) in [5.74, 6) is 1.79.